The summed E-state index contributed by atoms with van der Waals surface area (Å²) in [5.41, 5.74) is 2.93. The van der Waals surface area contributed by atoms with Gasteiger partial charge in [-0.25, -0.2) is 0 Å². The van der Waals surface area contributed by atoms with E-state index < -0.39 is 6.10 Å². The molecule has 0 saturated carbocycles. The summed E-state index contributed by atoms with van der Waals surface area (Å²) in [6.07, 6.45) is 1.86. The molecule has 20 heavy (non-hydrogen) atoms. The van der Waals surface area contributed by atoms with Gasteiger partial charge < -0.3 is 5.11 Å². The normalized spacial score (nSPS) is 12.5. The van der Waals surface area contributed by atoms with Crippen LogP contribution in [0.4, 0.5) is 0 Å². The molecular formula is C17H14BrNO. The van der Waals surface area contributed by atoms with Crippen molar-refractivity contribution in [1.29, 1.82) is 0 Å². The van der Waals surface area contributed by atoms with Gasteiger partial charge in [0.05, 0.1) is 11.6 Å². The predicted octanol–water partition coefficient (Wildman–Crippen LogP) is 4.27. The highest BCUT2D eigenvalue weighted by molar-refractivity contribution is 9.10. The smallest absolute Gasteiger partial charge is 0.0831 e. The van der Waals surface area contributed by atoms with E-state index in [-0.39, 0.29) is 0 Å². The van der Waals surface area contributed by atoms with Crippen LogP contribution in [-0.2, 0) is 6.42 Å². The number of aromatic nitrogens is 1. The summed E-state index contributed by atoms with van der Waals surface area (Å²) in [6.45, 7) is 0. The molecule has 0 bridgehead atoms. The summed E-state index contributed by atoms with van der Waals surface area (Å²) in [6, 6.07) is 17.9. The second kappa shape index (κ2) is 5.73. The number of aliphatic hydroxyl groups excluding tert-OH is 1. The van der Waals surface area contributed by atoms with Crippen molar-refractivity contribution in [3.05, 3.63) is 76.4 Å². The van der Waals surface area contributed by atoms with Crippen molar-refractivity contribution in [1.82, 2.24) is 4.98 Å². The molecule has 3 heteroatoms. The summed E-state index contributed by atoms with van der Waals surface area (Å²) in [4.78, 5) is 4.33. The van der Waals surface area contributed by atoms with Crippen LogP contribution in [0.2, 0.25) is 0 Å². The molecule has 0 fully saturated rings. The van der Waals surface area contributed by atoms with E-state index in [0.29, 0.717) is 6.42 Å². The predicted molar refractivity (Wildman–Crippen MR) is 84.5 cm³/mol. The Hall–Kier alpha value is -1.71. The molecular weight excluding hydrogens is 314 g/mol. The van der Waals surface area contributed by atoms with E-state index in [1.165, 1.54) is 0 Å². The van der Waals surface area contributed by atoms with Crippen LogP contribution in [0.3, 0.4) is 0 Å². The molecule has 2 aromatic carbocycles. The standard InChI is InChI=1S/C17H14BrNO/c18-15-7-3-12(4-8-15)10-17(20)14-6-5-13-2-1-9-19-16(13)11-14/h1-9,11,17,20H,10H2. The van der Waals surface area contributed by atoms with Gasteiger partial charge in [0.2, 0.25) is 0 Å². The highest BCUT2D eigenvalue weighted by Crippen LogP contribution is 2.22. The van der Waals surface area contributed by atoms with E-state index in [4.69, 9.17) is 0 Å². The zero-order chi connectivity index (χ0) is 13.9. The highest BCUT2D eigenvalue weighted by Gasteiger charge is 2.09. The third kappa shape index (κ3) is 2.89. The molecule has 0 saturated heterocycles. The minimum absolute atomic E-state index is 0.511. The second-order valence-electron chi connectivity index (χ2n) is 4.80. The Morgan fingerprint density at radius 3 is 2.65 bits per heavy atom. The van der Waals surface area contributed by atoms with Crippen LogP contribution in [-0.4, -0.2) is 10.1 Å². The number of pyridine rings is 1. The third-order valence-electron chi connectivity index (χ3n) is 3.36. The van der Waals surface area contributed by atoms with Crippen molar-refractivity contribution in [2.45, 2.75) is 12.5 Å². The van der Waals surface area contributed by atoms with Gasteiger partial charge in [0.1, 0.15) is 0 Å². The lowest BCUT2D eigenvalue weighted by atomic mass is 10.0. The van der Waals surface area contributed by atoms with Gasteiger partial charge >= 0.3 is 0 Å². The van der Waals surface area contributed by atoms with Crippen LogP contribution in [0.25, 0.3) is 10.9 Å². The largest absolute Gasteiger partial charge is 0.388 e. The first-order chi connectivity index (χ1) is 9.72. The first kappa shape index (κ1) is 13.3. The van der Waals surface area contributed by atoms with Crippen LogP contribution >= 0.6 is 15.9 Å². The number of fused-ring (bicyclic) bond motifs is 1. The maximum Gasteiger partial charge on any atom is 0.0831 e. The Balaban J connectivity index is 1.84. The average Bonchev–Trinajstić information content (AvgIpc) is 2.49. The Morgan fingerprint density at radius 2 is 1.85 bits per heavy atom. The molecule has 0 radical (unpaired) electrons. The molecule has 1 aromatic heterocycles. The average molecular weight is 328 g/mol. The van der Waals surface area contributed by atoms with Gasteiger partial charge in [0.15, 0.2) is 0 Å². The van der Waals surface area contributed by atoms with Gasteiger partial charge in [-0.2, -0.15) is 0 Å². The minimum Gasteiger partial charge on any atom is -0.388 e. The number of hydrogen-bond donors (Lipinski definition) is 1. The molecule has 1 unspecified atom stereocenters. The summed E-state index contributed by atoms with van der Waals surface area (Å²) in [7, 11) is 0. The first-order valence-corrected chi connectivity index (χ1v) is 7.29. The lowest BCUT2D eigenvalue weighted by Crippen LogP contribution is -2.01. The van der Waals surface area contributed by atoms with Crippen molar-refractivity contribution in [2.24, 2.45) is 0 Å². The minimum atomic E-state index is -0.511. The molecule has 1 atom stereocenters. The van der Waals surface area contributed by atoms with Gasteiger partial charge in [-0.05, 0) is 35.4 Å². The van der Waals surface area contributed by atoms with Crippen molar-refractivity contribution < 1.29 is 5.11 Å². The van der Waals surface area contributed by atoms with E-state index >= 15 is 0 Å². The molecule has 3 rings (SSSR count). The molecule has 0 aliphatic rings. The number of aliphatic hydroxyl groups is 1. The summed E-state index contributed by atoms with van der Waals surface area (Å²) >= 11 is 3.41. The Labute approximate surface area is 126 Å². The molecule has 1 heterocycles. The number of halogens is 1. The zero-order valence-electron chi connectivity index (χ0n) is 10.8. The summed E-state index contributed by atoms with van der Waals surface area (Å²) in [5, 5.41) is 11.5. The van der Waals surface area contributed by atoms with Crippen molar-refractivity contribution in [3.8, 4) is 0 Å². The first-order valence-electron chi connectivity index (χ1n) is 6.49. The molecule has 100 valence electrons. The van der Waals surface area contributed by atoms with E-state index in [9.17, 15) is 5.11 Å². The monoisotopic (exact) mass is 327 g/mol. The fraction of sp³-hybridized carbons (Fsp3) is 0.118. The molecule has 0 aliphatic carbocycles. The van der Waals surface area contributed by atoms with Gasteiger partial charge in [0, 0.05) is 22.5 Å². The van der Waals surface area contributed by atoms with Gasteiger partial charge in [0.25, 0.3) is 0 Å². The number of nitrogens with zero attached hydrogens (tertiary/aromatic N) is 1. The van der Waals surface area contributed by atoms with Crippen LogP contribution in [0.1, 0.15) is 17.2 Å². The lowest BCUT2D eigenvalue weighted by molar-refractivity contribution is 0.178. The highest BCUT2D eigenvalue weighted by atomic mass is 79.9. The van der Waals surface area contributed by atoms with E-state index in [1.54, 1.807) is 6.20 Å². The Bertz CT molecular complexity index is 724. The SMILES string of the molecule is OC(Cc1ccc(Br)cc1)c1ccc2cccnc2c1. The number of benzene rings is 2. The molecule has 1 N–H and O–H groups in total. The van der Waals surface area contributed by atoms with Gasteiger partial charge in [-0.1, -0.05) is 46.3 Å². The second-order valence-corrected chi connectivity index (χ2v) is 5.72. The van der Waals surface area contributed by atoms with Crippen molar-refractivity contribution >= 4 is 26.8 Å². The van der Waals surface area contributed by atoms with Crippen molar-refractivity contribution in [2.75, 3.05) is 0 Å². The topological polar surface area (TPSA) is 33.1 Å². The molecule has 3 aromatic rings. The van der Waals surface area contributed by atoms with Crippen LogP contribution in [0, 0.1) is 0 Å². The Kier molecular flexibility index (Phi) is 3.81. The zero-order valence-corrected chi connectivity index (χ0v) is 12.4. The Morgan fingerprint density at radius 1 is 1.05 bits per heavy atom. The molecule has 2 nitrogen and oxygen atoms in total. The van der Waals surface area contributed by atoms with E-state index in [0.717, 1.165) is 26.5 Å². The van der Waals surface area contributed by atoms with Gasteiger partial charge in [-0.15, -0.1) is 0 Å². The molecule has 0 aliphatic heterocycles. The summed E-state index contributed by atoms with van der Waals surface area (Å²) < 4.78 is 1.05. The summed E-state index contributed by atoms with van der Waals surface area (Å²) in [5.74, 6) is 0. The number of rotatable bonds is 3. The quantitative estimate of drug-likeness (QED) is 0.779. The fourth-order valence-corrected chi connectivity index (χ4v) is 2.52. The van der Waals surface area contributed by atoms with Gasteiger partial charge in [-0.3, -0.25) is 4.98 Å². The maximum absolute atomic E-state index is 10.4. The third-order valence-corrected chi connectivity index (χ3v) is 3.89. The number of hydrogen-bond acceptors (Lipinski definition) is 2. The van der Waals surface area contributed by atoms with E-state index in [2.05, 4.69) is 20.9 Å². The van der Waals surface area contributed by atoms with Crippen LogP contribution in [0.15, 0.2) is 65.3 Å². The van der Waals surface area contributed by atoms with Crippen LogP contribution < -0.4 is 0 Å². The fourth-order valence-electron chi connectivity index (χ4n) is 2.25. The lowest BCUT2D eigenvalue weighted by Gasteiger charge is -2.12. The molecule has 0 amide bonds. The van der Waals surface area contributed by atoms with Crippen LogP contribution in [0.5, 0.6) is 0 Å². The molecule has 0 spiro atoms. The van der Waals surface area contributed by atoms with E-state index in [1.807, 2.05) is 54.6 Å². The maximum atomic E-state index is 10.4. The van der Waals surface area contributed by atoms with Crippen molar-refractivity contribution in [3.63, 3.8) is 0 Å².